The van der Waals surface area contributed by atoms with E-state index in [-0.39, 0.29) is 12.2 Å². The Morgan fingerprint density at radius 1 is 1.21 bits per heavy atom. The van der Waals surface area contributed by atoms with Crippen molar-refractivity contribution in [3.63, 3.8) is 0 Å². The van der Waals surface area contributed by atoms with Crippen molar-refractivity contribution in [2.45, 2.75) is 19.5 Å². The van der Waals surface area contributed by atoms with Gasteiger partial charge in [-0.2, -0.15) is 13.2 Å². The predicted octanol–water partition coefficient (Wildman–Crippen LogP) is 3.00. The fourth-order valence-electron chi connectivity index (χ4n) is 1.56. The van der Waals surface area contributed by atoms with E-state index in [2.05, 4.69) is 4.74 Å². The number of hydrogen-bond donors (Lipinski definition) is 0. The van der Waals surface area contributed by atoms with Gasteiger partial charge in [-0.25, -0.2) is 0 Å². The summed E-state index contributed by atoms with van der Waals surface area (Å²) in [5, 5.41) is 0. The van der Waals surface area contributed by atoms with Crippen LogP contribution in [0.5, 0.6) is 0 Å². The van der Waals surface area contributed by atoms with Crippen molar-refractivity contribution in [3.05, 3.63) is 35.9 Å². The summed E-state index contributed by atoms with van der Waals surface area (Å²) in [6, 6.07) is 7.39. The standard InChI is InChI=1S/C13H13F3O3/c1-2-19-12(18)10(8-13(14,15)16)11(17)9-6-4-3-5-7-9/h3-7,10H,2,8H2,1H3. The normalized spacial score (nSPS) is 12.8. The number of carbonyl (C=O) groups is 2. The molecule has 19 heavy (non-hydrogen) atoms. The number of Topliss-reactive ketones (excluding diaryl/α,β-unsaturated/α-hetero) is 1. The van der Waals surface area contributed by atoms with E-state index in [4.69, 9.17) is 0 Å². The summed E-state index contributed by atoms with van der Waals surface area (Å²) in [4.78, 5) is 23.4. The van der Waals surface area contributed by atoms with E-state index in [1.165, 1.54) is 31.2 Å². The van der Waals surface area contributed by atoms with Crippen LogP contribution in [0.15, 0.2) is 30.3 Å². The molecular weight excluding hydrogens is 261 g/mol. The lowest BCUT2D eigenvalue weighted by Gasteiger charge is -2.16. The zero-order chi connectivity index (χ0) is 14.5. The monoisotopic (exact) mass is 274 g/mol. The van der Waals surface area contributed by atoms with E-state index < -0.39 is 30.3 Å². The zero-order valence-electron chi connectivity index (χ0n) is 10.2. The highest BCUT2D eigenvalue weighted by molar-refractivity contribution is 6.08. The molecule has 0 aromatic heterocycles. The van der Waals surface area contributed by atoms with E-state index in [1.807, 2.05) is 0 Å². The highest BCUT2D eigenvalue weighted by Gasteiger charge is 2.40. The average molecular weight is 274 g/mol. The first-order valence-corrected chi connectivity index (χ1v) is 5.67. The summed E-state index contributed by atoms with van der Waals surface area (Å²) in [7, 11) is 0. The molecule has 0 amide bonds. The molecule has 104 valence electrons. The molecule has 0 aliphatic heterocycles. The SMILES string of the molecule is CCOC(=O)C(CC(F)(F)F)C(=O)c1ccccc1. The molecule has 1 atom stereocenters. The Kier molecular flexibility index (Phi) is 5.09. The molecule has 0 aliphatic carbocycles. The summed E-state index contributed by atoms with van der Waals surface area (Å²) in [6.07, 6.45) is -6.12. The van der Waals surface area contributed by atoms with Crippen LogP contribution in [0.3, 0.4) is 0 Å². The third kappa shape index (κ3) is 4.73. The quantitative estimate of drug-likeness (QED) is 0.471. The van der Waals surface area contributed by atoms with Crippen LogP contribution in [0.4, 0.5) is 13.2 Å². The van der Waals surface area contributed by atoms with Crippen LogP contribution in [-0.4, -0.2) is 24.5 Å². The Bertz CT molecular complexity index is 440. The predicted molar refractivity (Wildman–Crippen MR) is 61.6 cm³/mol. The highest BCUT2D eigenvalue weighted by Crippen LogP contribution is 2.27. The smallest absolute Gasteiger partial charge is 0.390 e. The Morgan fingerprint density at radius 3 is 2.26 bits per heavy atom. The molecule has 0 spiro atoms. The number of hydrogen-bond acceptors (Lipinski definition) is 3. The van der Waals surface area contributed by atoms with Gasteiger partial charge < -0.3 is 4.74 Å². The lowest BCUT2D eigenvalue weighted by atomic mass is 9.94. The van der Waals surface area contributed by atoms with Gasteiger partial charge in [0.15, 0.2) is 5.78 Å². The van der Waals surface area contributed by atoms with Gasteiger partial charge in [-0.05, 0) is 6.92 Å². The van der Waals surface area contributed by atoms with Crippen molar-refractivity contribution in [2.75, 3.05) is 6.61 Å². The van der Waals surface area contributed by atoms with E-state index in [0.717, 1.165) is 0 Å². The molecule has 3 nitrogen and oxygen atoms in total. The van der Waals surface area contributed by atoms with Gasteiger partial charge in [0.2, 0.25) is 0 Å². The Morgan fingerprint density at radius 2 is 1.79 bits per heavy atom. The molecule has 0 bridgehead atoms. The van der Waals surface area contributed by atoms with E-state index >= 15 is 0 Å². The second-order valence-electron chi connectivity index (χ2n) is 3.85. The summed E-state index contributed by atoms with van der Waals surface area (Å²) in [5.74, 6) is -3.87. The van der Waals surface area contributed by atoms with Gasteiger partial charge in [0.25, 0.3) is 0 Å². The van der Waals surface area contributed by atoms with Crippen LogP contribution in [0.1, 0.15) is 23.7 Å². The number of rotatable bonds is 5. The van der Waals surface area contributed by atoms with Gasteiger partial charge in [-0.15, -0.1) is 0 Å². The molecule has 0 saturated carbocycles. The summed E-state index contributed by atoms with van der Waals surface area (Å²) in [6.45, 7) is 1.39. The van der Waals surface area contributed by atoms with Crippen LogP contribution >= 0.6 is 0 Å². The Labute approximate surface area is 108 Å². The molecule has 1 rings (SSSR count). The first kappa shape index (κ1) is 15.2. The number of esters is 1. The lowest BCUT2D eigenvalue weighted by molar-refractivity contribution is -0.163. The van der Waals surface area contributed by atoms with Crippen molar-refractivity contribution >= 4 is 11.8 Å². The Hall–Kier alpha value is -1.85. The van der Waals surface area contributed by atoms with Crippen molar-refractivity contribution in [3.8, 4) is 0 Å². The van der Waals surface area contributed by atoms with Crippen LogP contribution in [0.2, 0.25) is 0 Å². The van der Waals surface area contributed by atoms with Crippen molar-refractivity contribution in [2.24, 2.45) is 5.92 Å². The molecule has 0 heterocycles. The minimum atomic E-state index is -4.61. The topological polar surface area (TPSA) is 43.4 Å². The van der Waals surface area contributed by atoms with Gasteiger partial charge in [0.05, 0.1) is 13.0 Å². The second-order valence-corrected chi connectivity index (χ2v) is 3.85. The Balaban J connectivity index is 2.96. The zero-order valence-corrected chi connectivity index (χ0v) is 10.2. The molecular formula is C13H13F3O3. The van der Waals surface area contributed by atoms with Gasteiger partial charge in [-0.1, -0.05) is 30.3 Å². The van der Waals surface area contributed by atoms with Crippen LogP contribution in [0, 0.1) is 5.92 Å². The van der Waals surface area contributed by atoms with Crippen molar-refractivity contribution in [1.29, 1.82) is 0 Å². The van der Waals surface area contributed by atoms with Crippen molar-refractivity contribution in [1.82, 2.24) is 0 Å². The first-order chi connectivity index (χ1) is 8.85. The number of alkyl halides is 3. The second kappa shape index (κ2) is 6.36. The van der Waals surface area contributed by atoms with Crippen LogP contribution < -0.4 is 0 Å². The van der Waals surface area contributed by atoms with Crippen LogP contribution in [-0.2, 0) is 9.53 Å². The summed E-state index contributed by atoms with van der Waals surface area (Å²) in [5.41, 5.74) is 0.0600. The van der Waals surface area contributed by atoms with Gasteiger partial charge >= 0.3 is 12.1 Å². The van der Waals surface area contributed by atoms with Gasteiger partial charge in [0.1, 0.15) is 5.92 Å². The summed E-state index contributed by atoms with van der Waals surface area (Å²) >= 11 is 0. The number of benzene rings is 1. The van der Waals surface area contributed by atoms with Crippen molar-refractivity contribution < 1.29 is 27.5 Å². The summed E-state index contributed by atoms with van der Waals surface area (Å²) < 4.78 is 41.8. The fourth-order valence-corrected chi connectivity index (χ4v) is 1.56. The largest absolute Gasteiger partial charge is 0.465 e. The molecule has 0 N–H and O–H groups in total. The van der Waals surface area contributed by atoms with Gasteiger partial charge in [-0.3, -0.25) is 9.59 Å². The number of ketones is 1. The number of carbonyl (C=O) groups excluding carboxylic acids is 2. The van der Waals surface area contributed by atoms with Gasteiger partial charge in [0, 0.05) is 5.56 Å². The fraction of sp³-hybridized carbons (Fsp3) is 0.385. The molecule has 1 aromatic carbocycles. The molecule has 1 unspecified atom stereocenters. The minimum absolute atomic E-state index is 0.0600. The highest BCUT2D eigenvalue weighted by atomic mass is 19.4. The molecule has 0 aliphatic rings. The minimum Gasteiger partial charge on any atom is -0.465 e. The third-order valence-electron chi connectivity index (χ3n) is 2.38. The molecule has 0 radical (unpaired) electrons. The lowest BCUT2D eigenvalue weighted by Crippen LogP contribution is -2.31. The maximum absolute atomic E-state index is 12.4. The molecule has 0 saturated heterocycles. The molecule has 1 aromatic rings. The van der Waals surface area contributed by atoms with Crippen LogP contribution in [0.25, 0.3) is 0 Å². The van der Waals surface area contributed by atoms with E-state index in [9.17, 15) is 22.8 Å². The van der Waals surface area contributed by atoms with E-state index in [0.29, 0.717) is 0 Å². The molecule has 6 heteroatoms. The molecule has 0 fully saturated rings. The number of halogens is 3. The average Bonchev–Trinajstić information content (AvgIpc) is 2.35. The first-order valence-electron chi connectivity index (χ1n) is 5.67. The maximum Gasteiger partial charge on any atom is 0.390 e. The maximum atomic E-state index is 12.4. The third-order valence-corrected chi connectivity index (χ3v) is 2.38. The number of ether oxygens (including phenoxy) is 1. The van der Waals surface area contributed by atoms with E-state index in [1.54, 1.807) is 6.07 Å².